The molecule has 3 heterocycles. The van der Waals surface area contributed by atoms with Crippen molar-refractivity contribution in [2.45, 2.75) is 0 Å². The fourth-order valence-corrected chi connectivity index (χ4v) is 8.33. The summed E-state index contributed by atoms with van der Waals surface area (Å²) in [4.78, 5) is 14.8. The third-order valence-corrected chi connectivity index (χ3v) is 10.4. The van der Waals surface area contributed by atoms with Crippen LogP contribution in [0.4, 0.5) is 0 Å². The van der Waals surface area contributed by atoms with Gasteiger partial charge in [-0.1, -0.05) is 121 Å². The molecule has 0 unspecified atom stereocenters. The Morgan fingerprint density at radius 3 is 1.54 bits per heavy atom. The SMILES string of the molecule is c1ccc(-c2nc(-c3ccccc3)nc(-c3ccc(-n4c5ccccc5c5c6ccccc6c6sc7ccccc7c6c54)cc3)n2)cc1. The number of nitrogens with zero attached hydrogens (tertiary/aromatic N) is 4. The monoisotopic (exact) mass is 630 g/mol. The van der Waals surface area contributed by atoms with E-state index in [0.717, 1.165) is 22.4 Å². The van der Waals surface area contributed by atoms with Crippen LogP contribution in [0, 0.1) is 0 Å². The average molecular weight is 631 g/mol. The molecule has 0 bridgehead atoms. The highest BCUT2D eigenvalue weighted by Crippen LogP contribution is 2.47. The van der Waals surface area contributed by atoms with Gasteiger partial charge >= 0.3 is 0 Å². The second kappa shape index (κ2) is 10.7. The number of thiophene rings is 1. The van der Waals surface area contributed by atoms with E-state index < -0.39 is 0 Å². The van der Waals surface area contributed by atoms with Gasteiger partial charge in [-0.15, -0.1) is 11.3 Å². The second-order valence-corrected chi connectivity index (χ2v) is 13.1. The lowest BCUT2D eigenvalue weighted by molar-refractivity contribution is 1.07. The highest BCUT2D eigenvalue weighted by Gasteiger charge is 2.22. The zero-order valence-electron chi connectivity index (χ0n) is 25.7. The number of hydrogen-bond acceptors (Lipinski definition) is 4. The molecule has 0 N–H and O–H groups in total. The van der Waals surface area contributed by atoms with E-state index in [4.69, 9.17) is 15.0 Å². The smallest absolute Gasteiger partial charge is 0.164 e. The minimum absolute atomic E-state index is 0.647. The van der Waals surface area contributed by atoms with E-state index in [1.54, 1.807) is 0 Å². The Bertz CT molecular complexity index is 2760. The molecule has 0 atom stereocenters. The van der Waals surface area contributed by atoms with Crippen LogP contribution in [-0.2, 0) is 0 Å². The van der Waals surface area contributed by atoms with Crippen LogP contribution >= 0.6 is 11.3 Å². The van der Waals surface area contributed by atoms with Crippen LogP contribution < -0.4 is 0 Å². The van der Waals surface area contributed by atoms with Crippen LogP contribution in [0.1, 0.15) is 0 Å². The number of fused-ring (bicyclic) bond motifs is 10. The maximum atomic E-state index is 4.97. The Balaban J connectivity index is 1.22. The molecule has 0 radical (unpaired) electrons. The third-order valence-electron chi connectivity index (χ3n) is 9.23. The van der Waals surface area contributed by atoms with Gasteiger partial charge in [0.25, 0.3) is 0 Å². The summed E-state index contributed by atoms with van der Waals surface area (Å²) < 4.78 is 5.07. The van der Waals surface area contributed by atoms with E-state index in [1.165, 1.54) is 52.8 Å². The number of benzene rings is 7. The van der Waals surface area contributed by atoms with Crippen molar-refractivity contribution in [3.05, 3.63) is 158 Å². The predicted octanol–water partition coefficient (Wildman–Crippen LogP) is 11.5. The fourth-order valence-electron chi connectivity index (χ4n) is 7.08. The molecule has 10 aromatic rings. The quantitative estimate of drug-likeness (QED) is 0.194. The first kappa shape index (κ1) is 27.0. The minimum Gasteiger partial charge on any atom is -0.309 e. The lowest BCUT2D eigenvalue weighted by Gasteiger charge is -2.12. The van der Waals surface area contributed by atoms with Crippen LogP contribution in [0.5, 0.6) is 0 Å². The summed E-state index contributed by atoms with van der Waals surface area (Å²) >= 11 is 1.88. The molecule has 5 heteroatoms. The molecule has 4 nitrogen and oxygen atoms in total. The topological polar surface area (TPSA) is 43.6 Å². The third kappa shape index (κ3) is 4.11. The van der Waals surface area contributed by atoms with E-state index in [0.29, 0.717) is 17.5 Å². The van der Waals surface area contributed by atoms with Crippen LogP contribution in [0.3, 0.4) is 0 Å². The zero-order valence-corrected chi connectivity index (χ0v) is 26.5. The summed E-state index contributed by atoms with van der Waals surface area (Å²) in [5.41, 5.74) is 6.38. The highest BCUT2D eigenvalue weighted by molar-refractivity contribution is 7.27. The molecular weight excluding hydrogens is 605 g/mol. The van der Waals surface area contributed by atoms with Gasteiger partial charge in [-0.05, 0) is 41.8 Å². The fraction of sp³-hybridized carbons (Fsp3) is 0. The van der Waals surface area contributed by atoms with Gasteiger partial charge in [-0.2, -0.15) is 0 Å². The summed E-state index contributed by atoms with van der Waals surface area (Å²) in [7, 11) is 0. The highest BCUT2D eigenvalue weighted by atomic mass is 32.1. The molecule has 0 aliphatic heterocycles. The summed E-state index contributed by atoms with van der Waals surface area (Å²) in [5.74, 6) is 1.96. The number of hydrogen-bond donors (Lipinski definition) is 0. The molecule has 48 heavy (non-hydrogen) atoms. The van der Waals surface area contributed by atoms with Gasteiger partial charge in [0.2, 0.25) is 0 Å². The van der Waals surface area contributed by atoms with Crippen molar-refractivity contribution in [1.82, 2.24) is 19.5 Å². The van der Waals surface area contributed by atoms with E-state index in [1.807, 2.05) is 72.0 Å². The number of rotatable bonds is 4. The Morgan fingerprint density at radius 1 is 0.396 bits per heavy atom. The Morgan fingerprint density at radius 2 is 0.896 bits per heavy atom. The lowest BCUT2D eigenvalue weighted by atomic mass is 10.00. The Kier molecular flexibility index (Phi) is 6.01. The molecular formula is C43H26N4S. The summed E-state index contributed by atoms with van der Waals surface area (Å²) in [5, 5.41) is 7.73. The summed E-state index contributed by atoms with van der Waals surface area (Å²) in [6.07, 6.45) is 0. The van der Waals surface area contributed by atoms with E-state index in [-0.39, 0.29) is 0 Å². The predicted molar refractivity (Wildman–Crippen MR) is 201 cm³/mol. The molecule has 0 fully saturated rings. The van der Waals surface area contributed by atoms with Crippen molar-refractivity contribution in [3.8, 4) is 39.9 Å². The van der Waals surface area contributed by atoms with Crippen molar-refractivity contribution < 1.29 is 0 Å². The van der Waals surface area contributed by atoms with Crippen LogP contribution in [0.15, 0.2) is 158 Å². The number of aromatic nitrogens is 4. The van der Waals surface area contributed by atoms with Crippen LogP contribution in [-0.4, -0.2) is 19.5 Å². The first-order valence-corrected chi connectivity index (χ1v) is 16.9. The van der Waals surface area contributed by atoms with Gasteiger partial charge in [-0.25, -0.2) is 15.0 Å². The maximum Gasteiger partial charge on any atom is 0.164 e. The van der Waals surface area contributed by atoms with Gasteiger partial charge in [-0.3, -0.25) is 0 Å². The zero-order chi connectivity index (χ0) is 31.6. The molecule has 3 aromatic heterocycles. The summed E-state index contributed by atoms with van der Waals surface area (Å²) in [6, 6.07) is 55.3. The summed E-state index contributed by atoms with van der Waals surface area (Å²) in [6.45, 7) is 0. The molecule has 0 saturated heterocycles. The molecule has 7 aromatic carbocycles. The molecule has 10 rings (SSSR count). The van der Waals surface area contributed by atoms with Crippen molar-refractivity contribution >= 4 is 64.1 Å². The Hall–Kier alpha value is -6.17. The molecule has 0 aliphatic carbocycles. The molecule has 0 amide bonds. The van der Waals surface area contributed by atoms with E-state index in [9.17, 15) is 0 Å². The standard InChI is InChI=1S/C43H26N4S/c1-3-13-27(14-4-1)41-44-42(28-15-5-2-6-16-28)46-43(45-41)29-23-25-30(26-24-29)47-35-21-11-9-19-33(35)37-31-17-7-8-18-32(31)40-38(39(37)47)34-20-10-12-22-36(34)48-40/h1-26H. The number of para-hydroxylation sites is 1. The van der Waals surface area contributed by atoms with Gasteiger partial charge in [0.1, 0.15) is 0 Å². The second-order valence-electron chi connectivity index (χ2n) is 12.0. The van der Waals surface area contributed by atoms with Crippen LogP contribution in [0.2, 0.25) is 0 Å². The van der Waals surface area contributed by atoms with Crippen LogP contribution in [0.25, 0.3) is 92.6 Å². The van der Waals surface area contributed by atoms with Gasteiger partial charge in [0, 0.05) is 58.7 Å². The van der Waals surface area contributed by atoms with Crippen molar-refractivity contribution in [2.24, 2.45) is 0 Å². The van der Waals surface area contributed by atoms with Crippen molar-refractivity contribution in [3.63, 3.8) is 0 Å². The first-order chi connectivity index (χ1) is 23.8. The molecule has 0 spiro atoms. The average Bonchev–Trinajstić information content (AvgIpc) is 3.72. The first-order valence-electron chi connectivity index (χ1n) is 16.0. The largest absolute Gasteiger partial charge is 0.309 e. The van der Waals surface area contributed by atoms with Gasteiger partial charge in [0.05, 0.1) is 11.0 Å². The lowest BCUT2D eigenvalue weighted by Crippen LogP contribution is -2.00. The molecule has 0 saturated carbocycles. The van der Waals surface area contributed by atoms with Gasteiger partial charge in [0.15, 0.2) is 17.5 Å². The van der Waals surface area contributed by atoms with E-state index in [2.05, 4.69) is 102 Å². The molecule has 0 aliphatic rings. The maximum absolute atomic E-state index is 4.97. The van der Waals surface area contributed by atoms with Crippen molar-refractivity contribution in [2.75, 3.05) is 0 Å². The van der Waals surface area contributed by atoms with Gasteiger partial charge < -0.3 is 4.57 Å². The van der Waals surface area contributed by atoms with Crippen molar-refractivity contribution in [1.29, 1.82) is 0 Å². The normalized spacial score (nSPS) is 11.8. The minimum atomic E-state index is 0.647. The Labute approximate surface area is 280 Å². The van der Waals surface area contributed by atoms with E-state index >= 15 is 0 Å². The molecule has 224 valence electrons.